The van der Waals surface area contributed by atoms with Crippen molar-refractivity contribution in [1.82, 2.24) is 10.6 Å². The van der Waals surface area contributed by atoms with Crippen molar-refractivity contribution >= 4 is 17.5 Å². The second kappa shape index (κ2) is 5.67. The molecule has 2 aromatic rings. The lowest BCUT2D eigenvalue weighted by Gasteiger charge is -2.40. The fraction of sp³-hybridized carbons (Fsp3) is 0.263. The molecule has 1 aliphatic heterocycles. The summed E-state index contributed by atoms with van der Waals surface area (Å²) in [4.78, 5) is 25.7. The zero-order valence-corrected chi connectivity index (χ0v) is 14.0. The summed E-state index contributed by atoms with van der Waals surface area (Å²) in [5.41, 5.74) is 0.0544. The number of hydrogen-bond donors (Lipinski definition) is 3. The first-order valence-electron chi connectivity index (χ1n) is 7.90. The van der Waals surface area contributed by atoms with Gasteiger partial charge in [-0.15, -0.1) is 0 Å². The largest absolute Gasteiger partial charge is 0.351 e. The molecular weight excluding hydrogens is 302 g/mol. The number of rotatable bonds is 2. The highest BCUT2D eigenvalue weighted by atomic mass is 16.2. The van der Waals surface area contributed by atoms with Gasteiger partial charge in [-0.1, -0.05) is 42.5 Å². The van der Waals surface area contributed by atoms with Crippen molar-refractivity contribution in [3.8, 4) is 0 Å². The molecule has 2 aromatic carbocycles. The van der Waals surface area contributed by atoms with E-state index in [0.717, 1.165) is 0 Å². The van der Waals surface area contributed by atoms with Crippen LogP contribution in [0.4, 0.5) is 5.69 Å². The SMILES string of the molecule is CC(C)(C)NC(=O)C1(c2ccccc2)NC(=O)c2ccccc2N1. The smallest absolute Gasteiger partial charge is 0.271 e. The van der Waals surface area contributed by atoms with Gasteiger partial charge in [0.2, 0.25) is 5.66 Å². The van der Waals surface area contributed by atoms with E-state index in [0.29, 0.717) is 16.8 Å². The van der Waals surface area contributed by atoms with Gasteiger partial charge in [-0.25, -0.2) is 0 Å². The van der Waals surface area contributed by atoms with Crippen molar-refractivity contribution in [3.05, 3.63) is 65.7 Å². The number of carbonyl (C=O) groups is 2. The Balaban J connectivity index is 2.12. The van der Waals surface area contributed by atoms with Gasteiger partial charge in [-0.05, 0) is 32.9 Å². The topological polar surface area (TPSA) is 70.2 Å². The zero-order chi connectivity index (χ0) is 17.4. The van der Waals surface area contributed by atoms with Gasteiger partial charge < -0.3 is 16.0 Å². The summed E-state index contributed by atoms with van der Waals surface area (Å²) in [5.74, 6) is -0.582. The first-order chi connectivity index (χ1) is 11.3. The van der Waals surface area contributed by atoms with E-state index in [9.17, 15) is 9.59 Å². The number of fused-ring (bicyclic) bond motifs is 1. The van der Waals surface area contributed by atoms with Gasteiger partial charge in [0.15, 0.2) is 0 Å². The van der Waals surface area contributed by atoms with Gasteiger partial charge in [0.25, 0.3) is 11.8 Å². The minimum Gasteiger partial charge on any atom is -0.351 e. The Hall–Kier alpha value is -2.82. The molecule has 3 rings (SSSR count). The molecule has 1 unspecified atom stereocenters. The molecule has 2 amide bonds. The van der Waals surface area contributed by atoms with Crippen LogP contribution in [0.15, 0.2) is 54.6 Å². The van der Waals surface area contributed by atoms with E-state index in [4.69, 9.17) is 0 Å². The maximum absolute atomic E-state index is 13.1. The van der Waals surface area contributed by atoms with E-state index in [2.05, 4.69) is 16.0 Å². The Morgan fingerprint density at radius 1 is 0.958 bits per heavy atom. The molecule has 0 saturated heterocycles. The van der Waals surface area contributed by atoms with Crippen LogP contribution >= 0.6 is 0 Å². The van der Waals surface area contributed by atoms with Crippen LogP contribution in [-0.4, -0.2) is 17.4 Å². The molecule has 1 aliphatic rings. The lowest BCUT2D eigenvalue weighted by atomic mass is 9.92. The lowest BCUT2D eigenvalue weighted by Crippen LogP contribution is -2.65. The quantitative estimate of drug-likeness (QED) is 0.795. The number of carbonyl (C=O) groups excluding carboxylic acids is 2. The number of para-hydroxylation sites is 1. The Morgan fingerprint density at radius 3 is 2.25 bits per heavy atom. The molecule has 1 atom stereocenters. The molecule has 24 heavy (non-hydrogen) atoms. The van der Waals surface area contributed by atoms with Crippen molar-refractivity contribution < 1.29 is 9.59 Å². The van der Waals surface area contributed by atoms with E-state index >= 15 is 0 Å². The van der Waals surface area contributed by atoms with E-state index in [1.165, 1.54) is 0 Å². The molecular formula is C19H21N3O2. The number of nitrogens with one attached hydrogen (secondary N) is 3. The Morgan fingerprint density at radius 2 is 1.58 bits per heavy atom. The van der Waals surface area contributed by atoms with E-state index in [1.54, 1.807) is 18.2 Å². The van der Waals surface area contributed by atoms with Gasteiger partial charge >= 0.3 is 0 Å². The van der Waals surface area contributed by atoms with E-state index in [1.807, 2.05) is 57.2 Å². The molecule has 124 valence electrons. The summed E-state index contributed by atoms with van der Waals surface area (Å²) in [6.07, 6.45) is 0. The summed E-state index contributed by atoms with van der Waals surface area (Å²) in [6.45, 7) is 5.71. The maximum atomic E-state index is 13.1. The van der Waals surface area contributed by atoms with Crippen LogP contribution in [0.25, 0.3) is 0 Å². The first kappa shape index (κ1) is 16.1. The molecule has 5 nitrogen and oxygen atoms in total. The van der Waals surface area contributed by atoms with Crippen molar-refractivity contribution in [2.45, 2.75) is 32.0 Å². The minimum absolute atomic E-state index is 0.280. The first-order valence-corrected chi connectivity index (χ1v) is 7.90. The third-order valence-electron chi connectivity index (χ3n) is 3.83. The summed E-state index contributed by atoms with van der Waals surface area (Å²) in [7, 11) is 0. The Labute approximate surface area is 141 Å². The Kier molecular flexibility index (Phi) is 3.79. The molecule has 0 aliphatic carbocycles. The van der Waals surface area contributed by atoms with Crippen LogP contribution in [0.5, 0.6) is 0 Å². The second-order valence-corrected chi connectivity index (χ2v) is 6.94. The molecule has 3 N–H and O–H groups in total. The van der Waals surface area contributed by atoms with Crippen molar-refractivity contribution in [2.24, 2.45) is 0 Å². The number of benzene rings is 2. The van der Waals surface area contributed by atoms with Crippen LogP contribution in [0.3, 0.4) is 0 Å². The van der Waals surface area contributed by atoms with Crippen LogP contribution in [0.2, 0.25) is 0 Å². The standard InChI is InChI=1S/C19H21N3O2/c1-18(2,3)22-17(24)19(13-9-5-4-6-10-13)20-15-12-8-7-11-14(15)16(23)21-19/h4-12,20H,1-3H3,(H,21,23)(H,22,24). The monoisotopic (exact) mass is 323 g/mol. The number of amides is 2. The number of anilines is 1. The van der Waals surface area contributed by atoms with Gasteiger partial charge in [0, 0.05) is 16.8 Å². The van der Waals surface area contributed by atoms with Crippen molar-refractivity contribution in [2.75, 3.05) is 5.32 Å². The van der Waals surface area contributed by atoms with Crippen molar-refractivity contribution in [1.29, 1.82) is 0 Å². The lowest BCUT2D eigenvalue weighted by molar-refractivity contribution is -0.128. The Bertz CT molecular complexity index is 781. The normalized spacial score (nSPS) is 19.7. The highest BCUT2D eigenvalue weighted by Gasteiger charge is 2.46. The summed E-state index contributed by atoms with van der Waals surface area (Å²) in [5, 5.41) is 9.06. The number of hydrogen-bond acceptors (Lipinski definition) is 3. The summed E-state index contributed by atoms with van der Waals surface area (Å²) in [6, 6.07) is 16.4. The average molecular weight is 323 g/mol. The van der Waals surface area contributed by atoms with Gasteiger partial charge in [-0.3, -0.25) is 9.59 Å². The predicted octanol–water partition coefficient (Wildman–Crippen LogP) is 2.61. The predicted molar refractivity (Wildman–Crippen MR) is 93.5 cm³/mol. The van der Waals surface area contributed by atoms with Crippen LogP contribution in [0, 0.1) is 0 Å². The van der Waals surface area contributed by atoms with Crippen LogP contribution in [0.1, 0.15) is 36.7 Å². The van der Waals surface area contributed by atoms with Crippen LogP contribution in [-0.2, 0) is 10.5 Å². The van der Waals surface area contributed by atoms with Gasteiger partial charge in [0.05, 0.1) is 5.56 Å². The highest BCUT2D eigenvalue weighted by Crippen LogP contribution is 2.31. The van der Waals surface area contributed by atoms with E-state index in [-0.39, 0.29) is 11.8 Å². The maximum Gasteiger partial charge on any atom is 0.271 e. The summed E-state index contributed by atoms with van der Waals surface area (Å²) >= 11 is 0. The highest BCUT2D eigenvalue weighted by molar-refractivity contribution is 6.07. The molecule has 1 heterocycles. The molecule has 0 fully saturated rings. The third kappa shape index (κ3) is 2.85. The molecule has 0 spiro atoms. The average Bonchev–Trinajstić information content (AvgIpc) is 2.54. The third-order valence-corrected chi connectivity index (χ3v) is 3.83. The van der Waals surface area contributed by atoms with Gasteiger partial charge in [-0.2, -0.15) is 0 Å². The second-order valence-electron chi connectivity index (χ2n) is 6.94. The van der Waals surface area contributed by atoms with Gasteiger partial charge in [0.1, 0.15) is 0 Å². The fourth-order valence-electron chi connectivity index (χ4n) is 2.77. The minimum atomic E-state index is -1.35. The van der Waals surface area contributed by atoms with Crippen molar-refractivity contribution in [3.63, 3.8) is 0 Å². The molecule has 0 saturated carbocycles. The van der Waals surface area contributed by atoms with E-state index < -0.39 is 11.2 Å². The zero-order valence-electron chi connectivity index (χ0n) is 14.0. The molecule has 0 radical (unpaired) electrons. The van der Waals surface area contributed by atoms with Crippen LogP contribution < -0.4 is 16.0 Å². The fourth-order valence-corrected chi connectivity index (χ4v) is 2.77. The molecule has 5 heteroatoms. The molecule has 0 aromatic heterocycles. The summed E-state index contributed by atoms with van der Waals surface area (Å²) < 4.78 is 0. The molecule has 0 bridgehead atoms.